The number of nitrogens with zero attached hydrogens (tertiary/aromatic N) is 2. The molecule has 0 spiro atoms. The molecule has 0 bridgehead atoms. The normalized spacial score (nSPS) is 11.2. The Kier molecular flexibility index (Phi) is 5.95. The molecular weight excluding hydrogens is 202 g/mol. The monoisotopic (exact) mass is 221 g/mol. The number of hydrazine groups is 1. The number of hydrogen-bond donors (Lipinski definition) is 3. The lowest BCUT2D eigenvalue weighted by molar-refractivity contribution is 0.732. The Bertz CT molecular complexity index is 309. The molecule has 88 valence electrons. The summed E-state index contributed by atoms with van der Waals surface area (Å²) in [6.45, 7) is 3.63. The van der Waals surface area contributed by atoms with Crippen LogP contribution in [0.15, 0.2) is 29.5 Å². The van der Waals surface area contributed by atoms with Gasteiger partial charge in [0, 0.05) is 18.9 Å². The average molecular weight is 221 g/mol. The summed E-state index contributed by atoms with van der Waals surface area (Å²) in [6, 6.07) is 3.87. The number of nitrogens with two attached hydrogens (primary N) is 1. The van der Waals surface area contributed by atoms with Gasteiger partial charge in [-0.05, 0) is 24.1 Å². The molecule has 0 aliphatic heterocycles. The molecule has 1 aromatic rings. The zero-order valence-electron chi connectivity index (χ0n) is 9.61. The number of hydrogen-bond acceptors (Lipinski definition) is 3. The number of pyridine rings is 1. The highest BCUT2D eigenvalue weighted by Gasteiger charge is 1.94. The Labute approximate surface area is 96.1 Å². The second-order valence-corrected chi connectivity index (χ2v) is 3.44. The van der Waals surface area contributed by atoms with E-state index in [1.165, 1.54) is 0 Å². The van der Waals surface area contributed by atoms with Gasteiger partial charge < -0.3 is 5.32 Å². The first kappa shape index (κ1) is 12.4. The first-order valence-corrected chi connectivity index (χ1v) is 5.50. The number of rotatable bonds is 5. The molecule has 5 nitrogen and oxygen atoms in total. The van der Waals surface area contributed by atoms with Crippen molar-refractivity contribution in [2.24, 2.45) is 10.8 Å². The quantitative estimate of drug-likeness (QED) is 0.226. The van der Waals surface area contributed by atoms with Crippen molar-refractivity contribution in [2.45, 2.75) is 26.3 Å². The third-order valence-corrected chi connectivity index (χ3v) is 2.13. The molecule has 0 atom stereocenters. The Morgan fingerprint density at radius 3 is 2.81 bits per heavy atom. The van der Waals surface area contributed by atoms with E-state index >= 15 is 0 Å². The topological polar surface area (TPSA) is 75.3 Å². The predicted octanol–water partition coefficient (Wildman–Crippen LogP) is 0.791. The van der Waals surface area contributed by atoms with Gasteiger partial charge in [-0.1, -0.05) is 13.3 Å². The summed E-state index contributed by atoms with van der Waals surface area (Å²) in [6.07, 6.45) is 5.76. The summed E-state index contributed by atoms with van der Waals surface area (Å²) >= 11 is 0. The van der Waals surface area contributed by atoms with E-state index in [1.807, 2.05) is 12.1 Å². The zero-order valence-corrected chi connectivity index (χ0v) is 9.61. The van der Waals surface area contributed by atoms with Crippen LogP contribution in [0, 0.1) is 0 Å². The van der Waals surface area contributed by atoms with E-state index < -0.39 is 0 Å². The van der Waals surface area contributed by atoms with Crippen LogP contribution in [0.25, 0.3) is 0 Å². The van der Waals surface area contributed by atoms with Crippen LogP contribution < -0.4 is 16.6 Å². The molecule has 0 amide bonds. The molecule has 0 saturated carbocycles. The molecule has 0 aromatic carbocycles. The van der Waals surface area contributed by atoms with Gasteiger partial charge >= 0.3 is 0 Å². The second-order valence-electron chi connectivity index (χ2n) is 3.44. The van der Waals surface area contributed by atoms with Crippen molar-refractivity contribution < 1.29 is 0 Å². The molecule has 16 heavy (non-hydrogen) atoms. The molecule has 1 rings (SSSR count). The molecular formula is C11H19N5. The summed E-state index contributed by atoms with van der Waals surface area (Å²) < 4.78 is 0. The first-order chi connectivity index (χ1) is 7.86. The van der Waals surface area contributed by atoms with Crippen LogP contribution >= 0.6 is 0 Å². The van der Waals surface area contributed by atoms with E-state index in [-0.39, 0.29) is 0 Å². The minimum atomic E-state index is 0.598. The number of aliphatic imine (C=N–C) groups is 1. The lowest BCUT2D eigenvalue weighted by Gasteiger charge is -2.08. The predicted molar refractivity (Wildman–Crippen MR) is 65.6 cm³/mol. The van der Waals surface area contributed by atoms with E-state index in [2.05, 4.69) is 27.6 Å². The van der Waals surface area contributed by atoms with E-state index in [1.54, 1.807) is 12.4 Å². The molecule has 0 saturated heterocycles. The minimum Gasteiger partial charge on any atom is -0.355 e. The lowest BCUT2D eigenvalue weighted by atomic mass is 10.3. The van der Waals surface area contributed by atoms with Gasteiger partial charge in [-0.25, -0.2) is 10.8 Å². The van der Waals surface area contributed by atoms with E-state index in [0.717, 1.165) is 24.9 Å². The fraction of sp³-hybridized carbons (Fsp3) is 0.455. The molecule has 0 fully saturated rings. The summed E-state index contributed by atoms with van der Waals surface area (Å²) in [7, 11) is 0. The van der Waals surface area contributed by atoms with Crippen LogP contribution in [-0.4, -0.2) is 17.5 Å². The Balaban J connectivity index is 2.40. The van der Waals surface area contributed by atoms with Gasteiger partial charge in [0.1, 0.15) is 0 Å². The highest BCUT2D eigenvalue weighted by atomic mass is 15.3. The van der Waals surface area contributed by atoms with E-state index in [0.29, 0.717) is 12.5 Å². The molecule has 0 radical (unpaired) electrons. The molecule has 1 heterocycles. The van der Waals surface area contributed by atoms with Gasteiger partial charge in [-0.2, -0.15) is 0 Å². The van der Waals surface area contributed by atoms with Crippen LogP contribution in [0.4, 0.5) is 0 Å². The summed E-state index contributed by atoms with van der Waals surface area (Å²) in [5.41, 5.74) is 3.67. The maximum absolute atomic E-state index is 5.36. The maximum atomic E-state index is 5.36. The van der Waals surface area contributed by atoms with Crippen molar-refractivity contribution in [3.05, 3.63) is 30.1 Å². The number of nitrogens with one attached hydrogen (secondary N) is 2. The number of guanidine groups is 1. The standard InChI is InChI=1S/C11H19N5/c1-2-3-6-14-11(16-12)15-9-10-4-7-13-8-5-10/h4-5,7-8H,2-3,6,9,12H2,1H3,(H2,14,15,16). The van der Waals surface area contributed by atoms with Crippen LogP contribution in [0.2, 0.25) is 0 Å². The smallest absolute Gasteiger partial charge is 0.206 e. The largest absolute Gasteiger partial charge is 0.355 e. The zero-order chi connectivity index (χ0) is 11.6. The SMILES string of the molecule is CCCCNC(=NCc1ccncc1)NN. The van der Waals surface area contributed by atoms with Crippen molar-refractivity contribution in [3.8, 4) is 0 Å². The van der Waals surface area contributed by atoms with Gasteiger partial charge in [0.05, 0.1) is 6.54 Å². The van der Waals surface area contributed by atoms with Crippen LogP contribution in [-0.2, 0) is 6.54 Å². The van der Waals surface area contributed by atoms with Gasteiger partial charge in [-0.3, -0.25) is 10.4 Å². The van der Waals surface area contributed by atoms with Gasteiger partial charge in [0.25, 0.3) is 0 Å². The third kappa shape index (κ3) is 4.75. The minimum absolute atomic E-state index is 0.598. The van der Waals surface area contributed by atoms with Crippen LogP contribution in [0.3, 0.4) is 0 Å². The highest BCUT2D eigenvalue weighted by molar-refractivity contribution is 5.79. The molecule has 0 aliphatic carbocycles. The lowest BCUT2D eigenvalue weighted by Crippen LogP contribution is -2.41. The summed E-state index contributed by atoms with van der Waals surface area (Å²) in [5.74, 6) is 5.99. The second kappa shape index (κ2) is 7.64. The molecule has 0 aliphatic rings. The fourth-order valence-corrected chi connectivity index (χ4v) is 1.19. The van der Waals surface area contributed by atoms with Crippen molar-refractivity contribution in [1.29, 1.82) is 0 Å². The van der Waals surface area contributed by atoms with Gasteiger partial charge in [-0.15, -0.1) is 0 Å². The van der Waals surface area contributed by atoms with Crippen molar-refractivity contribution in [2.75, 3.05) is 6.54 Å². The molecule has 4 N–H and O–H groups in total. The maximum Gasteiger partial charge on any atom is 0.206 e. The third-order valence-electron chi connectivity index (χ3n) is 2.13. The van der Waals surface area contributed by atoms with Gasteiger partial charge in [0.2, 0.25) is 5.96 Å². The fourth-order valence-electron chi connectivity index (χ4n) is 1.19. The van der Waals surface area contributed by atoms with Crippen LogP contribution in [0.1, 0.15) is 25.3 Å². The van der Waals surface area contributed by atoms with Crippen molar-refractivity contribution in [1.82, 2.24) is 15.7 Å². The summed E-state index contributed by atoms with van der Waals surface area (Å²) in [4.78, 5) is 8.27. The number of unbranched alkanes of at least 4 members (excludes halogenated alkanes) is 1. The Morgan fingerprint density at radius 2 is 2.19 bits per heavy atom. The van der Waals surface area contributed by atoms with Crippen LogP contribution in [0.5, 0.6) is 0 Å². The van der Waals surface area contributed by atoms with Crippen molar-refractivity contribution >= 4 is 5.96 Å². The summed E-state index contributed by atoms with van der Waals surface area (Å²) in [5, 5.41) is 3.14. The van der Waals surface area contributed by atoms with Crippen molar-refractivity contribution in [3.63, 3.8) is 0 Å². The number of aromatic nitrogens is 1. The molecule has 0 unspecified atom stereocenters. The first-order valence-electron chi connectivity index (χ1n) is 5.50. The molecule has 5 heteroatoms. The highest BCUT2D eigenvalue weighted by Crippen LogP contribution is 1.97. The Hall–Kier alpha value is -1.62. The van der Waals surface area contributed by atoms with E-state index in [9.17, 15) is 0 Å². The average Bonchev–Trinajstić information content (AvgIpc) is 2.35. The van der Waals surface area contributed by atoms with Gasteiger partial charge in [0.15, 0.2) is 0 Å². The van der Waals surface area contributed by atoms with E-state index in [4.69, 9.17) is 5.84 Å². The Morgan fingerprint density at radius 1 is 1.44 bits per heavy atom. The molecule has 1 aromatic heterocycles.